The molecule has 39 heavy (non-hydrogen) atoms. The Bertz CT molecular complexity index is 1300. The van der Waals surface area contributed by atoms with E-state index in [2.05, 4.69) is 31.6 Å². The SMILES string of the molecule is O=C(c1ccccc1Nc1nc(Nc2cccc(CCN3CCOCC3)c2)ncc1F)N1CCS(O)(O)CC1. The van der Waals surface area contributed by atoms with Crippen molar-refractivity contribution in [1.29, 1.82) is 0 Å². The van der Waals surface area contributed by atoms with Crippen LogP contribution in [-0.4, -0.2) is 92.2 Å². The summed E-state index contributed by atoms with van der Waals surface area (Å²) in [4.78, 5) is 25.6. The van der Waals surface area contributed by atoms with Gasteiger partial charge < -0.3 is 20.3 Å². The van der Waals surface area contributed by atoms with Crippen LogP contribution in [0.1, 0.15) is 15.9 Å². The highest BCUT2D eigenvalue weighted by atomic mass is 32.3. The molecule has 208 valence electrons. The summed E-state index contributed by atoms with van der Waals surface area (Å²) in [5.41, 5.74) is 2.70. The smallest absolute Gasteiger partial charge is 0.256 e. The molecule has 3 aromatic rings. The quantitative estimate of drug-likeness (QED) is 0.324. The van der Waals surface area contributed by atoms with E-state index in [0.717, 1.165) is 51.2 Å². The van der Waals surface area contributed by atoms with E-state index in [1.807, 2.05) is 18.2 Å². The summed E-state index contributed by atoms with van der Waals surface area (Å²) in [7, 11) is -2.63. The zero-order valence-electron chi connectivity index (χ0n) is 21.6. The number of hydrogen-bond donors (Lipinski definition) is 4. The van der Waals surface area contributed by atoms with Gasteiger partial charge >= 0.3 is 0 Å². The van der Waals surface area contributed by atoms with E-state index >= 15 is 0 Å². The second kappa shape index (κ2) is 12.3. The zero-order valence-corrected chi connectivity index (χ0v) is 22.4. The molecule has 4 N–H and O–H groups in total. The van der Waals surface area contributed by atoms with Gasteiger partial charge in [-0.2, -0.15) is 15.6 Å². The molecule has 0 unspecified atom stereocenters. The molecule has 12 heteroatoms. The van der Waals surface area contributed by atoms with Crippen LogP contribution in [0.15, 0.2) is 54.7 Å². The average Bonchev–Trinajstić information content (AvgIpc) is 2.94. The third kappa shape index (κ3) is 7.22. The van der Waals surface area contributed by atoms with Gasteiger partial charge in [-0.25, -0.2) is 9.37 Å². The number of nitrogens with one attached hydrogen (secondary N) is 2. The molecule has 5 rings (SSSR count). The van der Waals surface area contributed by atoms with E-state index in [1.54, 1.807) is 29.2 Å². The van der Waals surface area contributed by atoms with Crippen molar-refractivity contribution in [2.75, 3.05) is 68.1 Å². The Hall–Kier alpha value is -3.29. The lowest BCUT2D eigenvalue weighted by atomic mass is 10.1. The lowest BCUT2D eigenvalue weighted by Crippen LogP contribution is -2.42. The Kier molecular flexibility index (Phi) is 8.58. The summed E-state index contributed by atoms with van der Waals surface area (Å²) in [6.07, 6.45) is 1.98. The number of carbonyl (C=O) groups excluding carboxylic acids is 1. The van der Waals surface area contributed by atoms with Crippen molar-refractivity contribution < 1.29 is 23.0 Å². The molecule has 0 saturated carbocycles. The van der Waals surface area contributed by atoms with Crippen LogP contribution in [0.5, 0.6) is 0 Å². The van der Waals surface area contributed by atoms with Gasteiger partial charge in [0.1, 0.15) is 0 Å². The number of halogens is 1. The van der Waals surface area contributed by atoms with Crippen LogP contribution in [0.25, 0.3) is 0 Å². The maximum atomic E-state index is 14.7. The predicted octanol–water partition coefficient (Wildman–Crippen LogP) is 4.18. The fourth-order valence-electron chi connectivity index (χ4n) is 4.57. The number of benzene rings is 2. The number of nitrogens with zero attached hydrogens (tertiary/aromatic N) is 4. The molecule has 2 fully saturated rings. The number of aromatic nitrogens is 2. The minimum atomic E-state index is -2.63. The van der Waals surface area contributed by atoms with Crippen molar-refractivity contribution in [3.05, 3.63) is 71.7 Å². The first-order valence-corrected chi connectivity index (χ1v) is 14.8. The summed E-state index contributed by atoms with van der Waals surface area (Å²) in [6, 6.07) is 14.8. The maximum Gasteiger partial charge on any atom is 0.256 e. The van der Waals surface area contributed by atoms with Crippen molar-refractivity contribution >= 4 is 39.6 Å². The van der Waals surface area contributed by atoms with Gasteiger partial charge in [-0.1, -0.05) is 24.3 Å². The van der Waals surface area contributed by atoms with Gasteiger partial charge in [-0.05, 0) is 36.2 Å². The number of para-hydroxylation sites is 1. The second-order valence-electron chi connectivity index (χ2n) is 9.59. The van der Waals surface area contributed by atoms with Crippen LogP contribution in [-0.2, 0) is 11.2 Å². The van der Waals surface area contributed by atoms with Crippen molar-refractivity contribution in [2.24, 2.45) is 0 Å². The first-order chi connectivity index (χ1) is 18.9. The summed E-state index contributed by atoms with van der Waals surface area (Å²) in [6.45, 7) is 4.87. The molecule has 2 aromatic carbocycles. The lowest BCUT2D eigenvalue weighted by molar-refractivity contribution is 0.0384. The van der Waals surface area contributed by atoms with E-state index in [4.69, 9.17) is 4.74 Å². The van der Waals surface area contributed by atoms with E-state index in [0.29, 0.717) is 11.3 Å². The van der Waals surface area contributed by atoms with Gasteiger partial charge in [0.2, 0.25) is 5.95 Å². The van der Waals surface area contributed by atoms with Crippen LogP contribution in [0.4, 0.5) is 27.5 Å². The Morgan fingerprint density at radius 1 is 1.03 bits per heavy atom. The first-order valence-electron chi connectivity index (χ1n) is 12.9. The summed E-state index contributed by atoms with van der Waals surface area (Å²) >= 11 is 0. The second-order valence-corrected chi connectivity index (χ2v) is 12.0. The summed E-state index contributed by atoms with van der Waals surface area (Å²) in [5, 5.41) is 6.10. The van der Waals surface area contributed by atoms with Crippen LogP contribution < -0.4 is 10.6 Å². The van der Waals surface area contributed by atoms with Crippen LogP contribution >= 0.6 is 10.6 Å². The molecule has 1 aromatic heterocycles. The number of carbonyl (C=O) groups is 1. The fourth-order valence-corrected chi connectivity index (χ4v) is 5.80. The monoisotopic (exact) mass is 556 g/mol. The van der Waals surface area contributed by atoms with Crippen molar-refractivity contribution in [3.8, 4) is 0 Å². The fraction of sp³-hybridized carbons (Fsp3) is 0.370. The van der Waals surface area contributed by atoms with Gasteiger partial charge in [0, 0.05) is 38.4 Å². The minimum Gasteiger partial charge on any atom is -0.379 e. The zero-order chi connectivity index (χ0) is 27.2. The Morgan fingerprint density at radius 3 is 2.59 bits per heavy atom. The van der Waals surface area contributed by atoms with Crippen molar-refractivity contribution in [1.82, 2.24) is 19.8 Å². The molecule has 0 aliphatic carbocycles. The predicted molar refractivity (Wildman–Crippen MR) is 151 cm³/mol. The third-order valence-electron chi connectivity index (χ3n) is 6.82. The molecule has 2 aliphatic heterocycles. The molecule has 3 heterocycles. The standard InChI is InChI=1S/C27H33FN6O4S/c28-23-19-29-27(30-21-5-3-4-20(18-21)8-9-33-10-14-38-15-11-33)32-25(23)31-24-7-2-1-6-22(24)26(35)34-12-16-39(36,37)17-13-34/h1-7,18-19,36-37H,8-17H2,(H2,29,30,31,32). The maximum absolute atomic E-state index is 14.7. The first kappa shape index (κ1) is 27.3. The summed E-state index contributed by atoms with van der Waals surface area (Å²) < 4.78 is 39.9. The van der Waals surface area contributed by atoms with E-state index in [1.165, 1.54) is 5.56 Å². The van der Waals surface area contributed by atoms with E-state index in [-0.39, 0.29) is 42.3 Å². The Morgan fingerprint density at radius 2 is 1.79 bits per heavy atom. The molecule has 0 spiro atoms. The summed E-state index contributed by atoms with van der Waals surface area (Å²) in [5.74, 6) is -0.474. The number of amides is 1. The van der Waals surface area contributed by atoms with Gasteiger partial charge in [0.25, 0.3) is 5.91 Å². The van der Waals surface area contributed by atoms with Gasteiger partial charge in [0.15, 0.2) is 11.6 Å². The molecule has 0 bridgehead atoms. The van der Waals surface area contributed by atoms with E-state index in [9.17, 15) is 18.3 Å². The number of hydrogen-bond acceptors (Lipinski definition) is 9. The van der Waals surface area contributed by atoms with Crippen molar-refractivity contribution in [2.45, 2.75) is 6.42 Å². The average molecular weight is 557 g/mol. The molecular formula is C27H33FN6O4S. The minimum absolute atomic E-state index is 0.0657. The van der Waals surface area contributed by atoms with Crippen LogP contribution in [0.2, 0.25) is 0 Å². The number of rotatable bonds is 8. The topological polar surface area (TPSA) is 123 Å². The third-order valence-corrected chi connectivity index (χ3v) is 8.49. The highest BCUT2D eigenvalue weighted by molar-refractivity contribution is 8.24. The normalized spacial score (nSPS) is 18.4. The molecule has 10 nitrogen and oxygen atoms in total. The lowest BCUT2D eigenvalue weighted by Gasteiger charge is -2.41. The van der Waals surface area contributed by atoms with Gasteiger partial charge in [0.05, 0.1) is 42.2 Å². The molecule has 1 amide bonds. The number of anilines is 4. The molecule has 2 saturated heterocycles. The van der Waals surface area contributed by atoms with Crippen molar-refractivity contribution in [3.63, 3.8) is 0 Å². The largest absolute Gasteiger partial charge is 0.379 e. The van der Waals surface area contributed by atoms with Crippen LogP contribution in [0, 0.1) is 5.82 Å². The van der Waals surface area contributed by atoms with Crippen LogP contribution in [0.3, 0.4) is 0 Å². The Balaban J connectivity index is 1.27. The highest BCUT2D eigenvalue weighted by Gasteiger charge is 2.27. The van der Waals surface area contributed by atoms with E-state index < -0.39 is 16.4 Å². The van der Waals surface area contributed by atoms with Gasteiger partial charge in [-0.3, -0.25) is 18.8 Å². The number of morpholine rings is 1. The molecular weight excluding hydrogens is 523 g/mol. The Labute approximate surface area is 228 Å². The molecule has 2 aliphatic rings. The number of ether oxygens (including phenoxy) is 1. The van der Waals surface area contributed by atoms with Gasteiger partial charge in [-0.15, -0.1) is 0 Å². The molecule has 0 atom stereocenters. The molecule has 0 radical (unpaired) electrons. The highest BCUT2D eigenvalue weighted by Crippen LogP contribution is 2.40.